The molecule has 0 unspecified atom stereocenters. The normalized spacial score (nSPS) is 11.1. The standard InChI is InChI=1S/C17H17N3O/c1-20(11-13-6-8-18-9-7-13)12-15-10-14-4-2-3-5-16(14)19-17(15)21/h2-10H,11-12H2,1H3,(H,19,21). The highest BCUT2D eigenvalue weighted by atomic mass is 16.1. The lowest BCUT2D eigenvalue weighted by atomic mass is 10.1. The second-order valence-electron chi connectivity index (χ2n) is 5.24. The summed E-state index contributed by atoms with van der Waals surface area (Å²) in [5.74, 6) is 0. The van der Waals surface area contributed by atoms with Crippen LogP contribution in [0.4, 0.5) is 0 Å². The van der Waals surface area contributed by atoms with E-state index < -0.39 is 0 Å². The van der Waals surface area contributed by atoms with Crippen LogP contribution in [0, 0.1) is 0 Å². The van der Waals surface area contributed by atoms with Crippen LogP contribution in [0.1, 0.15) is 11.1 Å². The molecular weight excluding hydrogens is 262 g/mol. The number of nitrogens with zero attached hydrogens (tertiary/aromatic N) is 2. The van der Waals surface area contributed by atoms with Crippen LogP contribution in [0.2, 0.25) is 0 Å². The minimum absolute atomic E-state index is 0.0183. The van der Waals surface area contributed by atoms with Crippen LogP contribution in [0.25, 0.3) is 10.9 Å². The van der Waals surface area contributed by atoms with Gasteiger partial charge < -0.3 is 4.98 Å². The van der Waals surface area contributed by atoms with Gasteiger partial charge >= 0.3 is 0 Å². The molecule has 0 radical (unpaired) electrons. The molecule has 0 aliphatic carbocycles. The molecule has 0 aliphatic heterocycles. The summed E-state index contributed by atoms with van der Waals surface area (Å²) in [5, 5.41) is 1.06. The maximum Gasteiger partial charge on any atom is 0.252 e. The Kier molecular flexibility index (Phi) is 3.79. The van der Waals surface area contributed by atoms with Crippen molar-refractivity contribution in [1.82, 2.24) is 14.9 Å². The van der Waals surface area contributed by atoms with Crippen LogP contribution < -0.4 is 5.56 Å². The predicted octanol–water partition coefficient (Wildman–Crippen LogP) is 2.56. The average molecular weight is 279 g/mol. The van der Waals surface area contributed by atoms with E-state index in [4.69, 9.17) is 0 Å². The quantitative estimate of drug-likeness (QED) is 0.798. The number of benzene rings is 1. The van der Waals surface area contributed by atoms with Crippen molar-refractivity contribution in [3.05, 3.63) is 76.3 Å². The van der Waals surface area contributed by atoms with E-state index in [9.17, 15) is 4.79 Å². The topological polar surface area (TPSA) is 49.0 Å². The first-order chi connectivity index (χ1) is 10.2. The number of pyridine rings is 2. The van der Waals surface area contributed by atoms with Gasteiger partial charge in [0, 0.05) is 36.6 Å². The van der Waals surface area contributed by atoms with Crippen LogP contribution in [0.3, 0.4) is 0 Å². The monoisotopic (exact) mass is 279 g/mol. The first-order valence-corrected chi connectivity index (χ1v) is 6.91. The molecule has 0 spiro atoms. The van der Waals surface area contributed by atoms with Gasteiger partial charge in [0.1, 0.15) is 0 Å². The molecule has 3 rings (SSSR count). The third-order valence-corrected chi connectivity index (χ3v) is 3.47. The van der Waals surface area contributed by atoms with E-state index in [1.807, 2.05) is 49.5 Å². The second kappa shape index (κ2) is 5.89. The van der Waals surface area contributed by atoms with Gasteiger partial charge in [-0.1, -0.05) is 18.2 Å². The minimum Gasteiger partial charge on any atom is -0.322 e. The average Bonchev–Trinajstić information content (AvgIpc) is 2.49. The fraction of sp³-hybridized carbons (Fsp3) is 0.176. The molecule has 0 fully saturated rings. The van der Waals surface area contributed by atoms with Crippen molar-refractivity contribution >= 4 is 10.9 Å². The van der Waals surface area contributed by atoms with Gasteiger partial charge in [-0.25, -0.2) is 0 Å². The van der Waals surface area contributed by atoms with E-state index in [-0.39, 0.29) is 5.56 Å². The Morgan fingerprint density at radius 3 is 2.67 bits per heavy atom. The number of hydrogen-bond donors (Lipinski definition) is 1. The van der Waals surface area contributed by atoms with Crippen molar-refractivity contribution in [2.45, 2.75) is 13.1 Å². The first kappa shape index (κ1) is 13.5. The Balaban J connectivity index is 1.81. The van der Waals surface area contributed by atoms with E-state index in [2.05, 4.69) is 14.9 Å². The lowest BCUT2D eigenvalue weighted by Crippen LogP contribution is -2.23. The highest BCUT2D eigenvalue weighted by Gasteiger charge is 2.07. The van der Waals surface area contributed by atoms with Crippen LogP contribution in [0.5, 0.6) is 0 Å². The number of H-pyrrole nitrogens is 1. The lowest BCUT2D eigenvalue weighted by molar-refractivity contribution is 0.318. The molecule has 2 heterocycles. The predicted molar refractivity (Wildman–Crippen MR) is 84.0 cm³/mol. The van der Waals surface area contributed by atoms with Gasteiger partial charge in [-0.15, -0.1) is 0 Å². The van der Waals surface area contributed by atoms with E-state index in [0.29, 0.717) is 6.54 Å². The van der Waals surface area contributed by atoms with E-state index in [1.54, 1.807) is 12.4 Å². The third-order valence-electron chi connectivity index (χ3n) is 3.47. The van der Waals surface area contributed by atoms with Crippen LogP contribution in [-0.4, -0.2) is 21.9 Å². The highest BCUT2D eigenvalue weighted by Crippen LogP contribution is 2.12. The molecule has 3 aromatic rings. The molecule has 0 amide bonds. The number of para-hydroxylation sites is 1. The molecule has 0 bridgehead atoms. The Hall–Kier alpha value is -2.46. The first-order valence-electron chi connectivity index (χ1n) is 6.91. The van der Waals surface area contributed by atoms with Crippen molar-refractivity contribution in [2.75, 3.05) is 7.05 Å². The van der Waals surface area contributed by atoms with Gasteiger partial charge in [0.2, 0.25) is 0 Å². The molecular formula is C17H17N3O. The number of aromatic amines is 1. The number of aromatic nitrogens is 2. The second-order valence-corrected chi connectivity index (χ2v) is 5.24. The van der Waals surface area contributed by atoms with Crippen molar-refractivity contribution in [3.8, 4) is 0 Å². The van der Waals surface area contributed by atoms with Crippen LogP contribution in [-0.2, 0) is 13.1 Å². The van der Waals surface area contributed by atoms with Gasteiger partial charge in [0.05, 0.1) is 0 Å². The highest BCUT2D eigenvalue weighted by molar-refractivity contribution is 5.78. The molecule has 2 aromatic heterocycles. The Bertz CT molecular complexity index is 796. The summed E-state index contributed by atoms with van der Waals surface area (Å²) >= 11 is 0. The van der Waals surface area contributed by atoms with E-state index in [1.165, 1.54) is 5.56 Å². The molecule has 0 saturated heterocycles. The number of fused-ring (bicyclic) bond motifs is 1. The summed E-state index contributed by atoms with van der Waals surface area (Å²) in [6.07, 6.45) is 3.57. The fourth-order valence-electron chi connectivity index (χ4n) is 2.46. The van der Waals surface area contributed by atoms with Crippen molar-refractivity contribution < 1.29 is 0 Å². The van der Waals surface area contributed by atoms with Crippen LogP contribution >= 0.6 is 0 Å². The van der Waals surface area contributed by atoms with Crippen LogP contribution in [0.15, 0.2) is 59.7 Å². The Labute approximate surface area is 123 Å². The molecule has 106 valence electrons. The van der Waals surface area contributed by atoms with E-state index in [0.717, 1.165) is 23.0 Å². The number of nitrogens with one attached hydrogen (secondary N) is 1. The lowest BCUT2D eigenvalue weighted by Gasteiger charge is -2.16. The zero-order valence-electron chi connectivity index (χ0n) is 11.9. The molecule has 1 aromatic carbocycles. The Morgan fingerprint density at radius 2 is 1.86 bits per heavy atom. The van der Waals surface area contributed by atoms with Gasteiger partial charge in [-0.2, -0.15) is 0 Å². The van der Waals surface area contributed by atoms with Gasteiger partial charge in [0.15, 0.2) is 0 Å². The molecule has 21 heavy (non-hydrogen) atoms. The van der Waals surface area contributed by atoms with Gasteiger partial charge in [-0.3, -0.25) is 14.7 Å². The zero-order chi connectivity index (χ0) is 14.7. The molecule has 4 nitrogen and oxygen atoms in total. The smallest absolute Gasteiger partial charge is 0.252 e. The van der Waals surface area contributed by atoms with Crippen molar-refractivity contribution in [2.24, 2.45) is 0 Å². The van der Waals surface area contributed by atoms with E-state index >= 15 is 0 Å². The molecule has 0 atom stereocenters. The summed E-state index contributed by atoms with van der Waals surface area (Å²) in [5.41, 5.74) is 2.83. The summed E-state index contributed by atoms with van der Waals surface area (Å²) in [7, 11) is 2.01. The minimum atomic E-state index is -0.0183. The number of hydrogen-bond acceptors (Lipinski definition) is 3. The van der Waals surface area contributed by atoms with Gasteiger partial charge in [-0.05, 0) is 42.3 Å². The molecule has 0 aliphatic rings. The zero-order valence-corrected chi connectivity index (χ0v) is 11.9. The maximum absolute atomic E-state index is 12.1. The Morgan fingerprint density at radius 1 is 1.10 bits per heavy atom. The van der Waals surface area contributed by atoms with Crippen molar-refractivity contribution in [3.63, 3.8) is 0 Å². The van der Waals surface area contributed by atoms with Crippen molar-refractivity contribution in [1.29, 1.82) is 0 Å². The molecule has 4 heteroatoms. The molecule has 1 N–H and O–H groups in total. The summed E-state index contributed by atoms with van der Waals surface area (Å²) < 4.78 is 0. The summed E-state index contributed by atoms with van der Waals surface area (Å²) in [6, 6.07) is 13.8. The SMILES string of the molecule is CN(Cc1ccncc1)Cc1cc2ccccc2[nH]c1=O. The summed E-state index contributed by atoms with van der Waals surface area (Å²) in [6.45, 7) is 1.40. The fourth-order valence-corrected chi connectivity index (χ4v) is 2.46. The molecule has 0 saturated carbocycles. The largest absolute Gasteiger partial charge is 0.322 e. The third kappa shape index (κ3) is 3.17. The summed E-state index contributed by atoms with van der Waals surface area (Å²) in [4.78, 5) is 21.2. The number of rotatable bonds is 4. The van der Waals surface area contributed by atoms with Gasteiger partial charge in [0.25, 0.3) is 5.56 Å². The maximum atomic E-state index is 12.1.